The summed E-state index contributed by atoms with van der Waals surface area (Å²) in [6.07, 6.45) is 1.17. The van der Waals surface area contributed by atoms with Gasteiger partial charge in [-0.05, 0) is 83.2 Å². The Kier molecular flexibility index (Phi) is 10.3. The molecule has 4 atom stereocenters. The molecule has 0 spiro atoms. The highest BCUT2D eigenvalue weighted by atomic mass is 19.4. The van der Waals surface area contributed by atoms with E-state index < -0.39 is 18.4 Å². The van der Waals surface area contributed by atoms with Crippen LogP contribution >= 0.6 is 0 Å². The van der Waals surface area contributed by atoms with Gasteiger partial charge >= 0.3 is 6.36 Å². The summed E-state index contributed by atoms with van der Waals surface area (Å²) in [6.45, 7) is 9.48. The van der Waals surface area contributed by atoms with Crippen molar-refractivity contribution in [2.75, 3.05) is 26.1 Å². The van der Waals surface area contributed by atoms with Gasteiger partial charge in [-0.3, -0.25) is 4.90 Å². The van der Waals surface area contributed by atoms with Crippen LogP contribution in [0.15, 0.2) is 55.0 Å². The van der Waals surface area contributed by atoms with E-state index >= 15 is 0 Å². The molecule has 3 aliphatic rings. The highest BCUT2D eigenvalue weighted by Gasteiger charge is 2.56. The summed E-state index contributed by atoms with van der Waals surface area (Å²) in [5.74, 6) is 2.35. The first-order valence-corrected chi connectivity index (χ1v) is 19.0. The van der Waals surface area contributed by atoms with Crippen LogP contribution in [0.4, 0.5) is 19.0 Å². The second-order valence-corrected chi connectivity index (χ2v) is 15.6. The van der Waals surface area contributed by atoms with Gasteiger partial charge in [0.1, 0.15) is 59.2 Å². The minimum atomic E-state index is -4.75. The van der Waals surface area contributed by atoms with Crippen LogP contribution in [-0.2, 0) is 27.2 Å². The van der Waals surface area contributed by atoms with Gasteiger partial charge in [-0.1, -0.05) is 0 Å². The van der Waals surface area contributed by atoms with Gasteiger partial charge in [-0.2, -0.15) is 0 Å². The number of rotatable bonds is 14. The van der Waals surface area contributed by atoms with Gasteiger partial charge in [0.2, 0.25) is 0 Å². The van der Waals surface area contributed by atoms with Crippen LogP contribution in [0, 0.1) is 5.92 Å². The summed E-state index contributed by atoms with van der Waals surface area (Å²) < 4.78 is 75.0. The van der Waals surface area contributed by atoms with Gasteiger partial charge in [0.25, 0.3) is 0 Å². The minimum absolute atomic E-state index is 0.241. The zero-order valence-corrected chi connectivity index (χ0v) is 32.3. The van der Waals surface area contributed by atoms with E-state index in [2.05, 4.69) is 48.7 Å². The monoisotopic (exact) mass is 779 g/mol. The van der Waals surface area contributed by atoms with Crippen LogP contribution in [0.1, 0.15) is 64.6 Å². The fourth-order valence-corrected chi connectivity index (χ4v) is 8.42. The largest absolute Gasteiger partial charge is 0.573 e. The molecule has 2 saturated heterocycles. The van der Waals surface area contributed by atoms with E-state index in [4.69, 9.17) is 23.7 Å². The van der Waals surface area contributed by atoms with Gasteiger partial charge in [0, 0.05) is 55.5 Å². The Balaban J connectivity index is 0.922. The fraction of sp³-hybridized carbons (Fsp3) is 0.525. The first-order valence-electron chi connectivity index (χ1n) is 19.0. The van der Waals surface area contributed by atoms with Gasteiger partial charge in [-0.25, -0.2) is 15.0 Å². The van der Waals surface area contributed by atoms with Crippen molar-refractivity contribution in [3.8, 4) is 17.2 Å². The number of methoxy groups -OCH3 is 2. The molecular weight excluding hydrogens is 731 g/mol. The lowest BCUT2D eigenvalue weighted by atomic mass is 9.76. The number of anilines is 1. The van der Waals surface area contributed by atoms with Crippen molar-refractivity contribution < 1.29 is 41.6 Å². The Bertz CT molecular complexity index is 2170. The van der Waals surface area contributed by atoms with E-state index in [1.54, 1.807) is 26.6 Å². The van der Waals surface area contributed by atoms with Crippen molar-refractivity contribution in [3.63, 3.8) is 0 Å². The average Bonchev–Trinajstić information content (AvgIpc) is 3.90. The number of aromatic amines is 1. The molecule has 3 aromatic heterocycles. The quantitative estimate of drug-likeness (QED) is 0.117. The molecule has 300 valence electrons. The third-order valence-electron chi connectivity index (χ3n) is 11.1. The highest BCUT2D eigenvalue weighted by Crippen LogP contribution is 2.46. The van der Waals surface area contributed by atoms with Crippen LogP contribution < -0.4 is 19.5 Å². The molecule has 8 rings (SSSR count). The van der Waals surface area contributed by atoms with Crippen LogP contribution in [0.25, 0.3) is 22.1 Å². The number of imidazole rings is 1. The van der Waals surface area contributed by atoms with E-state index in [0.29, 0.717) is 48.3 Å². The van der Waals surface area contributed by atoms with Crippen molar-refractivity contribution in [3.05, 3.63) is 66.4 Å². The zero-order chi connectivity index (χ0) is 39.4. The van der Waals surface area contributed by atoms with Gasteiger partial charge in [0.15, 0.2) is 12.0 Å². The number of alkyl halides is 3. The molecule has 2 aliphatic heterocycles. The first kappa shape index (κ1) is 38.2. The highest BCUT2D eigenvalue weighted by molar-refractivity contribution is 5.87. The number of ether oxygens (including phenoxy) is 6. The van der Waals surface area contributed by atoms with Gasteiger partial charge in [0.05, 0.1) is 30.6 Å². The average molecular weight is 780 g/mol. The van der Waals surface area contributed by atoms with Crippen LogP contribution in [0.5, 0.6) is 17.2 Å². The Labute approximate surface area is 322 Å². The molecule has 0 radical (unpaired) electrons. The summed E-state index contributed by atoms with van der Waals surface area (Å²) in [5.41, 5.74) is 2.83. The van der Waals surface area contributed by atoms with Gasteiger partial charge < -0.3 is 43.3 Å². The predicted molar refractivity (Wildman–Crippen MR) is 202 cm³/mol. The molecule has 16 heteroatoms. The topological polar surface area (TPSA) is 130 Å². The van der Waals surface area contributed by atoms with Crippen LogP contribution in [0.2, 0.25) is 0 Å². The van der Waals surface area contributed by atoms with Crippen molar-refractivity contribution in [1.29, 1.82) is 0 Å². The smallest absolute Gasteiger partial charge is 0.497 e. The summed E-state index contributed by atoms with van der Waals surface area (Å²) in [4.78, 5) is 19.5. The predicted octanol–water partition coefficient (Wildman–Crippen LogP) is 7.37. The minimum Gasteiger partial charge on any atom is -0.497 e. The maximum atomic E-state index is 12.7. The van der Waals surface area contributed by atoms with Crippen molar-refractivity contribution in [2.24, 2.45) is 5.92 Å². The van der Waals surface area contributed by atoms with Crippen LogP contribution in [-0.4, -0.2) is 92.7 Å². The Morgan fingerprint density at radius 3 is 2.55 bits per heavy atom. The second kappa shape index (κ2) is 15.0. The molecule has 5 heterocycles. The number of hydrogen-bond donors (Lipinski definition) is 2. The summed E-state index contributed by atoms with van der Waals surface area (Å²) in [6, 6.07) is 12.6. The van der Waals surface area contributed by atoms with E-state index in [0.717, 1.165) is 53.2 Å². The van der Waals surface area contributed by atoms with Crippen molar-refractivity contribution in [2.45, 2.75) is 109 Å². The van der Waals surface area contributed by atoms with E-state index in [1.165, 1.54) is 12.1 Å². The molecule has 13 nitrogen and oxygen atoms in total. The number of aryl methyl sites for hydroxylation is 1. The van der Waals surface area contributed by atoms with E-state index in [-0.39, 0.29) is 30.1 Å². The van der Waals surface area contributed by atoms with E-state index in [1.807, 2.05) is 48.9 Å². The van der Waals surface area contributed by atoms with E-state index in [9.17, 15) is 13.2 Å². The lowest BCUT2D eigenvalue weighted by Crippen LogP contribution is -2.52. The fourth-order valence-electron chi connectivity index (χ4n) is 8.42. The molecule has 1 saturated carbocycles. The number of nitrogens with one attached hydrogen (secondary N) is 2. The molecular formula is C40H48F3N7O6. The second-order valence-electron chi connectivity index (χ2n) is 15.6. The maximum Gasteiger partial charge on any atom is 0.573 e. The number of halogens is 3. The maximum absolute atomic E-state index is 12.7. The number of benzene rings is 2. The standard InChI is InChI=1S/C40H48F3N7O6/c1-22(2)50(25-15-23(16-25)7-12-33-47-29-11-10-27(17-30(29)48-33)54-40(41,42)43)20-32-34-35(56-39(3,4)55-34)38(53-32)49-14-13-28-36(45-21-46-37(28)49)44-19-24-8-9-26(51-5)18-31(24)52-6/h8-11,13-14,17-18,21-23,25,32,34-35,38H,7,12,15-16,19-20H2,1-6H3,(H,47,48)(H,44,45,46)/t23-,25-,32-,34-,35-,38-/m1/s1. The molecule has 2 aromatic carbocycles. The third-order valence-corrected chi connectivity index (χ3v) is 11.1. The third kappa shape index (κ3) is 7.84. The number of H-pyrrole nitrogens is 1. The summed E-state index contributed by atoms with van der Waals surface area (Å²) >= 11 is 0. The molecule has 2 N–H and O–H groups in total. The molecule has 0 bridgehead atoms. The number of aromatic nitrogens is 5. The number of nitrogens with zero attached hydrogens (tertiary/aromatic N) is 5. The van der Waals surface area contributed by atoms with Crippen LogP contribution in [0.3, 0.4) is 0 Å². The lowest BCUT2D eigenvalue weighted by molar-refractivity contribution is -0.274. The van der Waals surface area contributed by atoms with Crippen molar-refractivity contribution >= 4 is 27.9 Å². The zero-order valence-electron chi connectivity index (χ0n) is 32.3. The SMILES string of the molecule is COc1ccc(CNc2ncnc3c2ccn3[C@@H]2O[C@H](CN(C(C)C)[C@H]3C[C@H](CCc4nc5cc(OC(F)(F)F)ccc5[nH]4)C3)[C@H]3OC(C)(C)O[C@H]32)c(OC)c1. The molecule has 5 aromatic rings. The molecule has 0 unspecified atom stereocenters. The Morgan fingerprint density at radius 1 is 1.02 bits per heavy atom. The van der Waals surface area contributed by atoms with Gasteiger partial charge in [-0.15, -0.1) is 13.2 Å². The van der Waals surface area contributed by atoms with Crippen molar-refractivity contribution in [1.82, 2.24) is 29.4 Å². The summed E-state index contributed by atoms with van der Waals surface area (Å²) in [5, 5.41) is 4.31. The first-order chi connectivity index (χ1) is 26.8. The number of hydrogen-bond acceptors (Lipinski definition) is 11. The molecule has 56 heavy (non-hydrogen) atoms. The molecule has 3 fully saturated rings. The molecule has 0 amide bonds. The number of fused-ring (bicyclic) bond motifs is 3. The Hall–Kier alpha value is -4.64. The molecule has 1 aliphatic carbocycles. The lowest BCUT2D eigenvalue weighted by Gasteiger charge is -2.46. The normalized spacial score (nSPS) is 24.6. The Morgan fingerprint density at radius 2 is 1.80 bits per heavy atom. The summed E-state index contributed by atoms with van der Waals surface area (Å²) in [7, 11) is 3.26.